The van der Waals surface area contributed by atoms with Crippen molar-refractivity contribution in [2.45, 2.75) is 26.4 Å². The third kappa shape index (κ3) is 3.55. The van der Waals surface area contributed by atoms with Gasteiger partial charge in [0, 0.05) is 26.2 Å². The number of benzene rings is 1. The smallest absolute Gasteiger partial charge is 0.410 e. The maximum Gasteiger partial charge on any atom is 0.410 e. The highest BCUT2D eigenvalue weighted by molar-refractivity contribution is 7.22. The normalized spacial score (nSPS) is 16.0. The lowest BCUT2D eigenvalue weighted by Crippen LogP contribution is -2.50. The summed E-state index contributed by atoms with van der Waals surface area (Å²) in [6, 6.07) is 4.93. The van der Waals surface area contributed by atoms with Crippen molar-refractivity contribution in [2.75, 3.05) is 31.1 Å². The van der Waals surface area contributed by atoms with Gasteiger partial charge in [-0.3, -0.25) is 0 Å². The summed E-state index contributed by atoms with van der Waals surface area (Å²) >= 11 is 1.36. The van der Waals surface area contributed by atoms with Crippen LogP contribution < -0.4 is 4.90 Å². The molecule has 0 radical (unpaired) electrons. The van der Waals surface area contributed by atoms with E-state index in [4.69, 9.17) is 4.74 Å². The summed E-state index contributed by atoms with van der Waals surface area (Å²) in [5.74, 6) is -0.237. The number of nitrogens with zero attached hydrogens (tertiary/aromatic N) is 3. The fourth-order valence-electron chi connectivity index (χ4n) is 2.45. The second kappa shape index (κ2) is 5.96. The Morgan fingerprint density at radius 1 is 1.26 bits per heavy atom. The minimum atomic E-state index is -0.487. The zero-order valence-corrected chi connectivity index (χ0v) is 14.3. The molecule has 1 fully saturated rings. The van der Waals surface area contributed by atoms with Crippen molar-refractivity contribution in [3.63, 3.8) is 0 Å². The summed E-state index contributed by atoms with van der Waals surface area (Å²) in [7, 11) is 0. The van der Waals surface area contributed by atoms with Gasteiger partial charge in [0.15, 0.2) is 5.13 Å². The fraction of sp³-hybridized carbons (Fsp3) is 0.500. The van der Waals surface area contributed by atoms with Crippen LogP contribution in [-0.2, 0) is 4.74 Å². The molecule has 1 aromatic heterocycles. The summed E-state index contributed by atoms with van der Waals surface area (Å²) < 4.78 is 19.7. The number of ether oxygens (including phenoxy) is 1. The number of hydrogen-bond donors (Lipinski definition) is 0. The number of fused-ring (bicyclic) bond motifs is 1. The Bertz CT molecular complexity index is 718. The molecule has 23 heavy (non-hydrogen) atoms. The highest BCUT2D eigenvalue weighted by Gasteiger charge is 2.27. The van der Waals surface area contributed by atoms with Gasteiger partial charge in [-0.05, 0) is 32.9 Å². The number of hydrogen-bond acceptors (Lipinski definition) is 5. The van der Waals surface area contributed by atoms with Crippen LogP contribution in [0.4, 0.5) is 14.3 Å². The summed E-state index contributed by atoms with van der Waals surface area (Å²) in [5.41, 5.74) is 0.193. The van der Waals surface area contributed by atoms with Crippen LogP contribution in [0, 0.1) is 5.82 Å². The van der Waals surface area contributed by atoms with Crippen molar-refractivity contribution in [2.24, 2.45) is 0 Å². The molecule has 2 heterocycles. The largest absolute Gasteiger partial charge is 0.444 e. The quantitative estimate of drug-likeness (QED) is 0.799. The molecule has 1 aliphatic rings. The Balaban J connectivity index is 1.66. The number of piperazine rings is 1. The summed E-state index contributed by atoms with van der Waals surface area (Å²) in [6.07, 6.45) is -0.285. The highest BCUT2D eigenvalue weighted by Crippen LogP contribution is 2.31. The lowest BCUT2D eigenvalue weighted by Gasteiger charge is -2.35. The lowest BCUT2D eigenvalue weighted by atomic mass is 10.2. The van der Waals surface area contributed by atoms with Gasteiger partial charge < -0.3 is 14.5 Å². The summed E-state index contributed by atoms with van der Waals surface area (Å²) in [5, 5.41) is 0.800. The number of thiazole rings is 1. The standard InChI is InChI=1S/C16H20FN3O2S/c1-16(2,3)22-15(21)20-9-7-19(8-10-20)14-18-12-6-4-5-11(17)13(12)23-14/h4-6H,7-10H2,1-3H3. The van der Waals surface area contributed by atoms with Gasteiger partial charge in [-0.15, -0.1) is 0 Å². The predicted octanol–water partition coefficient (Wildman–Crippen LogP) is 3.49. The molecular weight excluding hydrogens is 317 g/mol. The molecule has 3 rings (SSSR count). The molecule has 1 amide bonds. The second-order valence-electron chi connectivity index (χ2n) is 6.54. The van der Waals surface area contributed by atoms with Crippen molar-refractivity contribution in [3.05, 3.63) is 24.0 Å². The average Bonchev–Trinajstić information content (AvgIpc) is 2.91. The number of amides is 1. The predicted molar refractivity (Wildman–Crippen MR) is 89.6 cm³/mol. The zero-order chi connectivity index (χ0) is 16.6. The van der Waals surface area contributed by atoms with Crippen molar-refractivity contribution < 1.29 is 13.9 Å². The molecule has 1 saturated heterocycles. The van der Waals surface area contributed by atoms with Crippen molar-refractivity contribution in [1.29, 1.82) is 0 Å². The molecule has 7 heteroatoms. The van der Waals surface area contributed by atoms with Gasteiger partial charge in [0.1, 0.15) is 11.4 Å². The molecule has 0 N–H and O–H groups in total. The number of carbonyl (C=O) groups excluding carboxylic acids is 1. The van der Waals surface area contributed by atoms with E-state index in [-0.39, 0.29) is 11.9 Å². The number of rotatable bonds is 1. The fourth-order valence-corrected chi connectivity index (χ4v) is 3.47. The van der Waals surface area contributed by atoms with Crippen LogP contribution in [0.1, 0.15) is 20.8 Å². The molecule has 0 atom stereocenters. The minimum Gasteiger partial charge on any atom is -0.444 e. The number of anilines is 1. The molecule has 0 saturated carbocycles. The Labute approximate surface area is 138 Å². The minimum absolute atomic E-state index is 0.237. The molecular formula is C16H20FN3O2S. The van der Waals surface area contributed by atoms with E-state index in [2.05, 4.69) is 9.88 Å². The SMILES string of the molecule is CC(C)(C)OC(=O)N1CCN(c2nc3cccc(F)c3s2)CC1. The first kappa shape index (κ1) is 16.0. The van der Waals surface area contributed by atoms with Crippen LogP contribution in [0.5, 0.6) is 0 Å². The van der Waals surface area contributed by atoms with E-state index in [1.807, 2.05) is 26.8 Å². The van der Waals surface area contributed by atoms with E-state index in [9.17, 15) is 9.18 Å². The lowest BCUT2D eigenvalue weighted by molar-refractivity contribution is 0.0240. The van der Waals surface area contributed by atoms with Gasteiger partial charge in [0.25, 0.3) is 0 Å². The Kier molecular flexibility index (Phi) is 4.14. The zero-order valence-electron chi connectivity index (χ0n) is 13.5. The highest BCUT2D eigenvalue weighted by atomic mass is 32.1. The molecule has 1 aliphatic heterocycles. The maximum atomic E-state index is 13.8. The third-order valence-electron chi connectivity index (χ3n) is 3.56. The molecule has 0 unspecified atom stereocenters. The van der Waals surface area contributed by atoms with Crippen molar-refractivity contribution >= 4 is 32.8 Å². The second-order valence-corrected chi connectivity index (χ2v) is 7.52. The van der Waals surface area contributed by atoms with E-state index >= 15 is 0 Å². The van der Waals surface area contributed by atoms with E-state index in [1.165, 1.54) is 17.4 Å². The summed E-state index contributed by atoms with van der Waals surface area (Å²) in [6.45, 7) is 8.06. The Morgan fingerprint density at radius 2 is 1.96 bits per heavy atom. The van der Waals surface area contributed by atoms with E-state index in [0.29, 0.717) is 36.4 Å². The molecule has 1 aromatic carbocycles. The van der Waals surface area contributed by atoms with Crippen LogP contribution >= 0.6 is 11.3 Å². The molecule has 5 nitrogen and oxygen atoms in total. The average molecular weight is 337 g/mol. The summed E-state index contributed by atoms with van der Waals surface area (Å²) in [4.78, 5) is 20.4. The van der Waals surface area contributed by atoms with Crippen LogP contribution in [0.3, 0.4) is 0 Å². The third-order valence-corrected chi connectivity index (χ3v) is 4.70. The molecule has 0 spiro atoms. The first-order chi connectivity index (χ1) is 10.8. The van der Waals surface area contributed by atoms with E-state index in [1.54, 1.807) is 11.0 Å². The van der Waals surface area contributed by atoms with Crippen LogP contribution in [0.25, 0.3) is 10.2 Å². The van der Waals surface area contributed by atoms with Crippen molar-refractivity contribution in [1.82, 2.24) is 9.88 Å². The molecule has 124 valence electrons. The van der Waals surface area contributed by atoms with Crippen LogP contribution in [0.2, 0.25) is 0 Å². The van der Waals surface area contributed by atoms with E-state index < -0.39 is 5.60 Å². The van der Waals surface area contributed by atoms with Crippen LogP contribution in [-0.4, -0.2) is 47.8 Å². The number of aromatic nitrogens is 1. The molecule has 2 aromatic rings. The number of halogens is 1. The Morgan fingerprint density at radius 3 is 2.57 bits per heavy atom. The van der Waals surface area contributed by atoms with Crippen LogP contribution in [0.15, 0.2) is 18.2 Å². The first-order valence-electron chi connectivity index (χ1n) is 7.61. The monoisotopic (exact) mass is 337 g/mol. The van der Waals surface area contributed by atoms with Crippen molar-refractivity contribution in [3.8, 4) is 0 Å². The van der Waals surface area contributed by atoms with Gasteiger partial charge in [0.2, 0.25) is 0 Å². The van der Waals surface area contributed by atoms with Gasteiger partial charge in [-0.1, -0.05) is 17.4 Å². The van der Waals surface area contributed by atoms with Gasteiger partial charge in [0.05, 0.1) is 10.2 Å². The van der Waals surface area contributed by atoms with Gasteiger partial charge in [-0.25, -0.2) is 14.2 Å². The maximum absolute atomic E-state index is 13.8. The Hall–Kier alpha value is -1.89. The topological polar surface area (TPSA) is 45.7 Å². The van der Waals surface area contributed by atoms with Gasteiger partial charge in [-0.2, -0.15) is 0 Å². The van der Waals surface area contributed by atoms with Gasteiger partial charge >= 0.3 is 6.09 Å². The molecule has 0 aliphatic carbocycles. The number of carbonyl (C=O) groups is 1. The molecule has 0 bridgehead atoms. The first-order valence-corrected chi connectivity index (χ1v) is 8.43. The van der Waals surface area contributed by atoms with E-state index in [0.717, 1.165) is 5.13 Å².